The molecule has 5 atom stereocenters. The van der Waals surface area contributed by atoms with Crippen LogP contribution in [-0.4, -0.2) is 61.7 Å². The molecule has 7 heteroatoms. The van der Waals surface area contributed by atoms with Crippen molar-refractivity contribution in [2.24, 2.45) is 5.92 Å². The number of ether oxygens (including phenoxy) is 1. The van der Waals surface area contributed by atoms with E-state index in [2.05, 4.69) is 0 Å². The van der Waals surface area contributed by atoms with E-state index >= 15 is 0 Å². The molecule has 0 aromatic rings. The van der Waals surface area contributed by atoms with Gasteiger partial charge in [-0.25, -0.2) is 0 Å². The van der Waals surface area contributed by atoms with Crippen LogP contribution in [0.1, 0.15) is 47.0 Å². The van der Waals surface area contributed by atoms with Crippen molar-refractivity contribution in [2.75, 3.05) is 6.61 Å². The summed E-state index contributed by atoms with van der Waals surface area (Å²) in [6.45, 7) is 4.93. The molecule has 7 nitrogen and oxygen atoms in total. The Labute approximate surface area is 140 Å². The van der Waals surface area contributed by atoms with E-state index < -0.39 is 41.4 Å². The van der Waals surface area contributed by atoms with Crippen LogP contribution in [0.3, 0.4) is 0 Å². The van der Waals surface area contributed by atoms with E-state index in [1.807, 2.05) is 0 Å². The van der Waals surface area contributed by atoms with E-state index in [0.717, 1.165) is 0 Å². The van der Waals surface area contributed by atoms with Crippen LogP contribution in [0.5, 0.6) is 0 Å². The van der Waals surface area contributed by atoms with Gasteiger partial charge in [-0.2, -0.15) is 0 Å². The predicted octanol–water partition coefficient (Wildman–Crippen LogP) is -0.157. The van der Waals surface area contributed by atoms with Crippen molar-refractivity contribution in [2.45, 2.75) is 69.9 Å². The number of hydrogen-bond acceptors (Lipinski definition) is 7. The lowest BCUT2D eigenvalue weighted by molar-refractivity contribution is -0.204. The number of carbonyl (C=O) groups excluding carboxylic acids is 2. The highest BCUT2D eigenvalue weighted by Gasteiger charge is 2.60. The first-order chi connectivity index (χ1) is 10.9. The highest BCUT2D eigenvalue weighted by atomic mass is 16.6. The van der Waals surface area contributed by atoms with E-state index in [1.165, 1.54) is 13.8 Å². The normalized spacial score (nSPS) is 39.2. The standard InChI is InChI=1S/C17H26O7/c1-9-12(20)7-11-13(9)14(21)17(23,16(4,22)8-18)6-5-15(11,3)24-10(2)19/h11,14,18,21-23H,5-8H2,1-4H3/t11-,14-,15-,16+,17+/m0/s1. The quantitative estimate of drug-likeness (QED) is 0.525. The number of hydrogen-bond donors (Lipinski definition) is 4. The Bertz CT molecular complexity index is 594. The van der Waals surface area contributed by atoms with E-state index in [4.69, 9.17) is 4.74 Å². The molecule has 136 valence electrons. The molecule has 0 unspecified atom stereocenters. The second-order valence-corrected chi connectivity index (χ2v) is 7.43. The number of esters is 1. The largest absolute Gasteiger partial charge is 0.459 e. The number of carbonyl (C=O) groups is 2. The molecule has 0 bridgehead atoms. The lowest BCUT2D eigenvalue weighted by Crippen LogP contribution is -2.61. The van der Waals surface area contributed by atoms with Gasteiger partial charge in [-0.3, -0.25) is 9.59 Å². The minimum Gasteiger partial charge on any atom is -0.459 e. The molecule has 2 aliphatic rings. The molecule has 0 radical (unpaired) electrons. The van der Waals surface area contributed by atoms with Crippen LogP contribution in [0.4, 0.5) is 0 Å². The maximum absolute atomic E-state index is 12.2. The number of allylic oxidation sites excluding steroid dienone is 1. The van der Waals surface area contributed by atoms with Crippen LogP contribution in [-0.2, 0) is 14.3 Å². The molecule has 24 heavy (non-hydrogen) atoms. The van der Waals surface area contributed by atoms with Crippen LogP contribution < -0.4 is 0 Å². The third-order valence-corrected chi connectivity index (χ3v) is 5.72. The summed E-state index contributed by atoms with van der Waals surface area (Å²) in [5.41, 5.74) is -4.57. The van der Waals surface area contributed by atoms with Gasteiger partial charge in [-0.05, 0) is 44.8 Å². The Morgan fingerprint density at radius 3 is 2.50 bits per heavy atom. The minimum atomic E-state index is -2.07. The van der Waals surface area contributed by atoms with Gasteiger partial charge in [0.1, 0.15) is 22.9 Å². The van der Waals surface area contributed by atoms with Crippen molar-refractivity contribution in [3.63, 3.8) is 0 Å². The first-order valence-corrected chi connectivity index (χ1v) is 8.07. The topological polar surface area (TPSA) is 124 Å². The number of aliphatic hydroxyl groups excluding tert-OH is 2. The first-order valence-electron chi connectivity index (χ1n) is 8.07. The number of fused-ring (bicyclic) bond motifs is 1. The molecular weight excluding hydrogens is 316 g/mol. The Hall–Kier alpha value is -1.28. The summed E-state index contributed by atoms with van der Waals surface area (Å²) in [6.07, 6.45) is -1.45. The Kier molecular flexibility index (Phi) is 4.69. The van der Waals surface area contributed by atoms with Gasteiger partial charge in [-0.15, -0.1) is 0 Å². The minimum absolute atomic E-state index is 0.0688. The van der Waals surface area contributed by atoms with Gasteiger partial charge in [0.2, 0.25) is 0 Å². The SMILES string of the molecule is CC(=O)O[C@@]1(C)CC[C@](O)([C@](C)(O)CO)[C@@H](O)C2=C(C)C(=O)C[C@@H]21. The zero-order chi connectivity index (χ0) is 18.5. The van der Waals surface area contributed by atoms with Gasteiger partial charge in [0.05, 0.1) is 6.61 Å². The fraction of sp³-hybridized carbons (Fsp3) is 0.765. The summed E-state index contributed by atoms with van der Waals surface area (Å²) >= 11 is 0. The summed E-state index contributed by atoms with van der Waals surface area (Å²) < 4.78 is 5.47. The summed E-state index contributed by atoms with van der Waals surface area (Å²) in [5.74, 6) is -1.30. The lowest BCUT2D eigenvalue weighted by Gasteiger charge is -2.43. The number of Topliss-reactive ketones (excluding diaryl/α,β-unsaturated/α-hetero) is 1. The van der Waals surface area contributed by atoms with E-state index in [9.17, 15) is 30.0 Å². The molecule has 0 aromatic heterocycles. The maximum Gasteiger partial charge on any atom is 0.303 e. The van der Waals surface area contributed by atoms with Crippen LogP contribution >= 0.6 is 0 Å². The van der Waals surface area contributed by atoms with Gasteiger partial charge < -0.3 is 25.2 Å². The average Bonchev–Trinajstić information content (AvgIpc) is 2.75. The second kappa shape index (κ2) is 5.91. The van der Waals surface area contributed by atoms with Gasteiger partial charge in [-0.1, -0.05) is 0 Å². The van der Waals surface area contributed by atoms with Crippen molar-refractivity contribution >= 4 is 11.8 Å². The molecule has 0 amide bonds. The monoisotopic (exact) mass is 342 g/mol. The van der Waals surface area contributed by atoms with Crippen molar-refractivity contribution < 1.29 is 34.8 Å². The molecule has 2 aliphatic carbocycles. The maximum atomic E-state index is 12.2. The van der Waals surface area contributed by atoms with Crippen molar-refractivity contribution in [1.82, 2.24) is 0 Å². The molecule has 0 spiro atoms. The van der Waals surface area contributed by atoms with E-state index in [1.54, 1.807) is 13.8 Å². The third kappa shape index (κ3) is 2.69. The van der Waals surface area contributed by atoms with E-state index in [-0.39, 0.29) is 30.6 Å². The van der Waals surface area contributed by atoms with Crippen molar-refractivity contribution in [3.05, 3.63) is 11.1 Å². The number of aliphatic hydroxyl groups is 4. The predicted molar refractivity (Wildman–Crippen MR) is 83.9 cm³/mol. The summed E-state index contributed by atoms with van der Waals surface area (Å²) in [6, 6.07) is 0. The van der Waals surface area contributed by atoms with E-state index in [0.29, 0.717) is 5.57 Å². The second-order valence-electron chi connectivity index (χ2n) is 7.43. The molecule has 2 rings (SSSR count). The molecule has 1 fully saturated rings. The van der Waals surface area contributed by atoms with Crippen LogP contribution in [0.15, 0.2) is 11.1 Å². The van der Waals surface area contributed by atoms with Crippen LogP contribution in [0, 0.1) is 5.92 Å². The first kappa shape index (κ1) is 19.1. The highest BCUT2D eigenvalue weighted by molar-refractivity contribution is 5.99. The molecule has 0 aromatic carbocycles. The van der Waals surface area contributed by atoms with Gasteiger partial charge >= 0.3 is 5.97 Å². The van der Waals surface area contributed by atoms with Crippen LogP contribution in [0.25, 0.3) is 0 Å². The summed E-state index contributed by atoms with van der Waals surface area (Å²) in [5, 5.41) is 41.8. The molecule has 0 aliphatic heterocycles. The zero-order valence-electron chi connectivity index (χ0n) is 14.5. The Morgan fingerprint density at radius 1 is 1.42 bits per heavy atom. The van der Waals surface area contributed by atoms with Crippen molar-refractivity contribution in [1.29, 1.82) is 0 Å². The van der Waals surface area contributed by atoms with Crippen molar-refractivity contribution in [3.8, 4) is 0 Å². The summed E-state index contributed by atoms with van der Waals surface area (Å²) in [4.78, 5) is 23.7. The Morgan fingerprint density at radius 2 is 2.00 bits per heavy atom. The lowest BCUT2D eigenvalue weighted by atomic mass is 9.75. The van der Waals surface area contributed by atoms with Gasteiger partial charge in [0.15, 0.2) is 5.78 Å². The average molecular weight is 342 g/mol. The molecule has 0 heterocycles. The third-order valence-electron chi connectivity index (χ3n) is 5.72. The molecular formula is C17H26O7. The molecule has 4 N–H and O–H groups in total. The van der Waals surface area contributed by atoms with Gasteiger partial charge in [0.25, 0.3) is 0 Å². The smallest absolute Gasteiger partial charge is 0.303 e. The fourth-order valence-corrected chi connectivity index (χ4v) is 3.97. The number of ketones is 1. The molecule has 0 saturated heterocycles. The number of rotatable bonds is 3. The summed E-state index contributed by atoms with van der Waals surface area (Å²) in [7, 11) is 0. The molecule has 1 saturated carbocycles. The highest BCUT2D eigenvalue weighted by Crippen LogP contribution is 2.51. The van der Waals surface area contributed by atoms with Crippen LogP contribution in [0.2, 0.25) is 0 Å². The zero-order valence-corrected chi connectivity index (χ0v) is 14.5. The fourth-order valence-electron chi connectivity index (χ4n) is 3.97. The Balaban J connectivity index is 2.61. The van der Waals surface area contributed by atoms with Gasteiger partial charge in [0, 0.05) is 19.3 Å².